The Bertz CT molecular complexity index is 461. The standard InChI is InChI=1S/C13H19N3OS/c1-9(2)6-8-17-13-12(15-18-16-13)11-5-4-7-14-10(11)3/h5-6,10,14H,4,7-8H2,1-3H3. The van der Waals surface area contributed by atoms with Gasteiger partial charge in [-0.2, -0.15) is 4.37 Å². The van der Waals surface area contributed by atoms with Crippen LogP contribution in [0.15, 0.2) is 17.7 Å². The van der Waals surface area contributed by atoms with Gasteiger partial charge in [0.15, 0.2) is 0 Å². The van der Waals surface area contributed by atoms with Crippen LogP contribution >= 0.6 is 11.7 Å². The van der Waals surface area contributed by atoms with Crippen LogP contribution in [0.5, 0.6) is 5.88 Å². The van der Waals surface area contributed by atoms with Crippen molar-refractivity contribution in [3.05, 3.63) is 23.4 Å². The number of ether oxygens (including phenoxy) is 1. The third-order valence-electron chi connectivity index (χ3n) is 2.87. The van der Waals surface area contributed by atoms with Crippen molar-refractivity contribution in [3.63, 3.8) is 0 Å². The summed E-state index contributed by atoms with van der Waals surface area (Å²) in [6.07, 6.45) is 5.30. The first-order chi connectivity index (χ1) is 8.68. The molecule has 1 N–H and O–H groups in total. The van der Waals surface area contributed by atoms with Crippen LogP contribution in [0.25, 0.3) is 5.57 Å². The molecule has 1 aliphatic rings. The van der Waals surface area contributed by atoms with E-state index in [0.717, 1.165) is 18.7 Å². The number of nitrogens with zero attached hydrogens (tertiary/aromatic N) is 2. The van der Waals surface area contributed by atoms with E-state index >= 15 is 0 Å². The number of rotatable bonds is 4. The van der Waals surface area contributed by atoms with E-state index in [1.165, 1.54) is 22.9 Å². The van der Waals surface area contributed by atoms with E-state index in [9.17, 15) is 0 Å². The summed E-state index contributed by atoms with van der Waals surface area (Å²) in [5, 5.41) is 3.42. The molecule has 4 nitrogen and oxygen atoms in total. The third-order valence-corrected chi connectivity index (χ3v) is 3.38. The number of nitrogens with one attached hydrogen (secondary N) is 1. The lowest BCUT2D eigenvalue weighted by Gasteiger charge is -2.21. The number of hydrogen-bond donors (Lipinski definition) is 1. The molecule has 0 radical (unpaired) electrons. The highest BCUT2D eigenvalue weighted by molar-refractivity contribution is 6.99. The van der Waals surface area contributed by atoms with Crippen molar-refractivity contribution in [2.24, 2.45) is 0 Å². The van der Waals surface area contributed by atoms with Crippen LogP contribution in [0, 0.1) is 0 Å². The Hall–Kier alpha value is -1.20. The van der Waals surface area contributed by atoms with Gasteiger partial charge in [0, 0.05) is 6.04 Å². The summed E-state index contributed by atoms with van der Waals surface area (Å²) < 4.78 is 14.3. The molecule has 0 aromatic carbocycles. The maximum atomic E-state index is 5.68. The number of aromatic nitrogens is 2. The maximum Gasteiger partial charge on any atom is 0.253 e. The van der Waals surface area contributed by atoms with Crippen molar-refractivity contribution in [3.8, 4) is 5.88 Å². The van der Waals surface area contributed by atoms with Crippen molar-refractivity contribution in [1.29, 1.82) is 0 Å². The second kappa shape index (κ2) is 6.11. The van der Waals surface area contributed by atoms with Crippen LogP contribution in [0.1, 0.15) is 32.9 Å². The normalized spacial score (nSPS) is 19.3. The molecule has 1 aromatic rings. The molecule has 0 amide bonds. The third kappa shape index (κ3) is 3.17. The van der Waals surface area contributed by atoms with Gasteiger partial charge in [0.1, 0.15) is 12.3 Å². The summed E-state index contributed by atoms with van der Waals surface area (Å²) in [7, 11) is 0. The monoisotopic (exact) mass is 265 g/mol. The van der Waals surface area contributed by atoms with Gasteiger partial charge in [-0.1, -0.05) is 11.6 Å². The smallest absolute Gasteiger partial charge is 0.253 e. The SMILES string of the molecule is CC(C)=CCOc1nsnc1C1=CCCNC1C. The minimum atomic E-state index is 0.313. The zero-order valence-electron chi connectivity index (χ0n) is 11.1. The molecule has 2 heterocycles. The van der Waals surface area contributed by atoms with Gasteiger partial charge < -0.3 is 10.1 Å². The zero-order chi connectivity index (χ0) is 13.0. The van der Waals surface area contributed by atoms with Crippen molar-refractivity contribution >= 4 is 17.3 Å². The molecular formula is C13H19N3OS. The van der Waals surface area contributed by atoms with E-state index in [4.69, 9.17) is 4.74 Å². The molecule has 1 aromatic heterocycles. The van der Waals surface area contributed by atoms with Gasteiger partial charge in [-0.15, -0.1) is 4.37 Å². The van der Waals surface area contributed by atoms with E-state index in [2.05, 4.69) is 40.9 Å². The Morgan fingerprint density at radius 2 is 2.39 bits per heavy atom. The summed E-state index contributed by atoms with van der Waals surface area (Å²) in [6.45, 7) is 7.83. The molecule has 18 heavy (non-hydrogen) atoms. The molecule has 0 bridgehead atoms. The number of hydrogen-bond acceptors (Lipinski definition) is 5. The van der Waals surface area contributed by atoms with Crippen LogP contribution in [0.4, 0.5) is 0 Å². The molecule has 1 unspecified atom stereocenters. The van der Waals surface area contributed by atoms with Crippen molar-refractivity contribution in [2.75, 3.05) is 13.2 Å². The molecule has 0 aliphatic carbocycles. The highest BCUT2D eigenvalue weighted by Gasteiger charge is 2.21. The second-order valence-corrected chi connectivity index (χ2v) is 5.16. The fourth-order valence-corrected chi connectivity index (χ4v) is 2.37. The Labute approximate surface area is 112 Å². The lowest BCUT2D eigenvalue weighted by Crippen LogP contribution is -2.31. The van der Waals surface area contributed by atoms with Gasteiger partial charge in [0.2, 0.25) is 0 Å². The average molecular weight is 265 g/mol. The second-order valence-electron chi connectivity index (χ2n) is 4.63. The molecule has 0 fully saturated rings. The molecule has 5 heteroatoms. The van der Waals surface area contributed by atoms with Gasteiger partial charge >= 0.3 is 0 Å². The minimum Gasteiger partial charge on any atom is -0.471 e. The van der Waals surface area contributed by atoms with Crippen LogP contribution in [-0.4, -0.2) is 27.9 Å². The molecule has 0 saturated carbocycles. The van der Waals surface area contributed by atoms with E-state index in [-0.39, 0.29) is 0 Å². The maximum absolute atomic E-state index is 5.68. The molecule has 0 saturated heterocycles. The van der Waals surface area contributed by atoms with Crippen molar-refractivity contribution in [2.45, 2.75) is 33.2 Å². The predicted molar refractivity (Wildman–Crippen MR) is 74.9 cm³/mol. The fourth-order valence-electron chi connectivity index (χ4n) is 1.85. The Kier molecular flexibility index (Phi) is 4.49. The fraction of sp³-hybridized carbons (Fsp3) is 0.538. The Morgan fingerprint density at radius 3 is 3.11 bits per heavy atom. The Balaban J connectivity index is 2.12. The van der Waals surface area contributed by atoms with Gasteiger partial charge in [-0.25, -0.2) is 0 Å². The lowest BCUT2D eigenvalue weighted by atomic mass is 10.0. The first-order valence-electron chi connectivity index (χ1n) is 6.21. The van der Waals surface area contributed by atoms with Crippen LogP contribution in [0.2, 0.25) is 0 Å². The Morgan fingerprint density at radius 1 is 1.56 bits per heavy atom. The van der Waals surface area contributed by atoms with E-state index < -0.39 is 0 Å². The molecule has 1 aliphatic heterocycles. The lowest BCUT2D eigenvalue weighted by molar-refractivity contribution is 0.349. The quantitative estimate of drug-likeness (QED) is 0.850. The average Bonchev–Trinajstić information content (AvgIpc) is 2.77. The topological polar surface area (TPSA) is 47.0 Å². The van der Waals surface area contributed by atoms with Crippen LogP contribution in [-0.2, 0) is 0 Å². The first-order valence-corrected chi connectivity index (χ1v) is 6.94. The summed E-state index contributed by atoms with van der Waals surface area (Å²) in [4.78, 5) is 0. The minimum absolute atomic E-state index is 0.313. The first kappa shape index (κ1) is 13.2. The predicted octanol–water partition coefficient (Wildman–Crippen LogP) is 2.65. The van der Waals surface area contributed by atoms with E-state index in [1.807, 2.05) is 6.08 Å². The van der Waals surface area contributed by atoms with Crippen molar-refractivity contribution < 1.29 is 4.74 Å². The van der Waals surface area contributed by atoms with Gasteiger partial charge in [0.25, 0.3) is 5.88 Å². The van der Waals surface area contributed by atoms with Gasteiger partial charge in [-0.3, -0.25) is 0 Å². The summed E-state index contributed by atoms with van der Waals surface area (Å²) in [6, 6.07) is 0.313. The molecule has 1 atom stereocenters. The van der Waals surface area contributed by atoms with Gasteiger partial charge in [-0.05, 0) is 45.4 Å². The molecule has 0 spiro atoms. The zero-order valence-corrected chi connectivity index (χ0v) is 11.9. The summed E-state index contributed by atoms with van der Waals surface area (Å²) >= 11 is 1.21. The van der Waals surface area contributed by atoms with E-state index in [1.54, 1.807) is 0 Å². The summed E-state index contributed by atoms with van der Waals surface area (Å²) in [5.41, 5.74) is 3.33. The summed E-state index contributed by atoms with van der Waals surface area (Å²) in [5.74, 6) is 0.652. The molecular weight excluding hydrogens is 246 g/mol. The largest absolute Gasteiger partial charge is 0.471 e. The van der Waals surface area contributed by atoms with Crippen LogP contribution < -0.4 is 10.1 Å². The van der Waals surface area contributed by atoms with E-state index in [0.29, 0.717) is 18.5 Å². The molecule has 2 rings (SSSR count). The van der Waals surface area contributed by atoms with Crippen LogP contribution in [0.3, 0.4) is 0 Å². The highest BCUT2D eigenvalue weighted by Crippen LogP contribution is 2.28. The molecule has 98 valence electrons. The van der Waals surface area contributed by atoms with Crippen molar-refractivity contribution in [1.82, 2.24) is 14.1 Å². The number of allylic oxidation sites excluding steroid dienone is 1. The highest BCUT2D eigenvalue weighted by atomic mass is 32.1. The van der Waals surface area contributed by atoms with Gasteiger partial charge in [0.05, 0.1) is 11.7 Å².